The summed E-state index contributed by atoms with van der Waals surface area (Å²) in [7, 11) is -4.28. The van der Waals surface area contributed by atoms with Gasteiger partial charge in [0.1, 0.15) is 11.6 Å². The molecule has 5 nitrogen and oxygen atoms in total. The van der Waals surface area contributed by atoms with E-state index < -0.39 is 26.6 Å². The van der Waals surface area contributed by atoms with Crippen molar-refractivity contribution < 1.29 is 22.3 Å². The number of nitrogens with zero attached hydrogens (tertiary/aromatic N) is 1. The van der Waals surface area contributed by atoms with Gasteiger partial charge in [-0.3, -0.25) is 0 Å². The van der Waals surface area contributed by atoms with Gasteiger partial charge < -0.3 is 10.8 Å². The quantitative estimate of drug-likeness (QED) is 0.765. The molecule has 3 N–H and O–H groups in total. The molecule has 0 fully saturated rings. The van der Waals surface area contributed by atoms with Crippen molar-refractivity contribution >= 4 is 15.7 Å². The first-order valence-corrected chi connectivity index (χ1v) is 7.14. The zero-order valence-electron chi connectivity index (χ0n) is 10.4. The fourth-order valence-corrected chi connectivity index (χ4v) is 3.23. The first kappa shape index (κ1) is 15.8. The molecule has 0 bridgehead atoms. The van der Waals surface area contributed by atoms with Gasteiger partial charge in [-0.25, -0.2) is 17.2 Å². The van der Waals surface area contributed by atoms with Gasteiger partial charge in [0.05, 0.1) is 0 Å². The lowest BCUT2D eigenvalue weighted by Crippen LogP contribution is -2.33. The number of anilines is 1. The van der Waals surface area contributed by atoms with Crippen LogP contribution in [-0.4, -0.2) is 37.5 Å². The van der Waals surface area contributed by atoms with Crippen molar-refractivity contribution in [1.82, 2.24) is 4.31 Å². The van der Waals surface area contributed by atoms with Gasteiger partial charge >= 0.3 is 0 Å². The van der Waals surface area contributed by atoms with Crippen LogP contribution in [0.25, 0.3) is 0 Å². The number of hydrogen-bond donors (Lipinski definition) is 2. The van der Waals surface area contributed by atoms with Crippen molar-refractivity contribution in [2.45, 2.75) is 18.2 Å². The van der Waals surface area contributed by atoms with E-state index in [1.807, 2.05) is 0 Å². The van der Waals surface area contributed by atoms with E-state index in [0.717, 1.165) is 16.4 Å². The largest absolute Gasteiger partial charge is 0.399 e. The first-order chi connectivity index (χ1) is 8.84. The molecular weight excluding hydrogens is 278 g/mol. The smallest absolute Gasteiger partial charge is 0.248 e. The summed E-state index contributed by atoms with van der Waals surface area (Å²) in [5.74, 6) is -2.44. The summed E-state index contributed by atoms with van der Waals surface area (Å²) < 4.78 is 52.5. The summed E-state index contributed by atoms with van der Waals surface area (Å²) in [5.41, 5.74) is 5.05. The third-order valence-electron chi connectivity index (χ3n) is 2.54. The molecule has 0 unspecified atom stereocenters. The Balaban J connectivity index is 3.26. The molecule has 0 atom stereocenters. The summed E-state index contributed by atoms with van der Waals surface area (Å²) in [6.45, 7) is 1.37. The second kappa shape index (κ2) is 6.27. The molecule has 0 spiro atoms. The van der Waals surface area contributed by atoms with Crippen LogP contribution in [0.3, 0.4) is 0 Å². The van der Waals surface area contributed by atoms with Gasteiger partial charge in [-0.2, -0.15) is 4.31 Å². The minimum absolute atomic E-state index is 0.0153. The van der Waals surface area contributed by atoms with Crippen LogP contribution < -0.4 is 5.73 Å². The predicted octanol–water partition coefficient (Wildman–Crippen LogP) is 0.940. The van der Waals surface area contributed by atoms with E-state index in [2.05, 4.69) is 0 Å². The Morgan fingerprint density at radius 1 is 1.32 bits per heavy atom. The fraction of sp³-hybridized carbons (Fsp3) is 0.455. The van der Waals surface area contributed by atoms with Gasteiger partial charge in [-0.1, -0.05) is 6.92 Å². The van der Waals surface area contributed by atoms with Crippen LogP contribution in [0.5, 0.6) is 0 Å². The molecule has 0 saturated carbocycles. The molecule has 0 radical (unpaired) electrons. The van der Waals surface area contributed by atoms with Crippen molar-refractivity contribution in [2.24, 2.45) is 0 Å². The number of aliphatic hydroxyl groups excluding tert-OH is 1. The molecule has 1 rings (SSSR count). The van der Waals surface area contributed by atoms with Gasteiger partial charge in [0.15, 0.2) is 4.90 Å². The third kappa shape index (κ3) is 3.40. The Hall–Kier alpha value is -1.25. The van der Waals surface area contributed by atoms with Crippen LogP contribution in [0.15, 0.2) is 17.0 Å². The second-order valence-electron chi connectivity index (χ2n) is 3.89. The molecule has 0 aliphatic carbocycles. The first-order valence-electron chi connectivity index (χ1n) is 5.70. The number of hydrogen-bond acceptors (Lipinski definition) is 4. The van der Waals surface area contributed by atoms with Gasteiger partial charge in [0, 0.05) is 25.4 Å². The predicted molar refractivity (Wildman–Crippen MR) is 66.9 cm³/mol. The van der Waals surface area contributed by atoms with Crippen molar-refractivity contribution in [3.8, 4) is 0 Å². The Bertz CT molecular complexity index is 526. The maximum absolute atomic E-state index is 13.7. The van der Waals surface area contributed by atoms with Crippen LogP contribution in [0.1, 0.15) is 13.3 Å². The van der Waals surface area contributed by atoms with Crippen molar-refractivity contribution in [3.05, 3.63) is 23.8 Å². The number of halogens is 2. The van der Waals surface area contributed by atoms with Gasteiger partial charge in [-0.15, -0.1) is 0 Å². The Morgan fingerprint density at radius 3 is 2.26 bits per heavy atom. The third-order valence-corrected chi connectivity index (χ3v) is 4.56. The van der Waals surface area contributed by atoms with Gasteiger partial charge in [-0.05, 0) is 18.6 Å². The normalized spacial score (nSPS) is 12.1. The van der Waals surface area contributed by atoms with E-state index in [9.17, 15) is 17.2 Å². The monoisotopic (exact) mass is 294 g/mol. The molecule has 1 aromatic carbocycles. The summed E-state index contributed by atoms with van der Waals surface area (Å²) in [6.07, 6.45) is 0.186. The fourth-order valence-electron chi connectivity index (χ4n) is 1.65. The highest BCUT2D eigenvalue weighted by atomic mass is 32.2. The lowest BCUT2D eigenvalue weighted by molar-refractivity contribution is 0.270. The Labute approximate surface area is 110 Å². The molecule has 0 aliphatic heterocycles. The standard InChI is InChI=1S/C11H16F2N2O3S/c1-2-15(4-3-5-16)19(17,18)11-9(12)6-8(14)7-10(11)13/h6-7,16H,2-5,14H2,1H3. The maximum atomic E-state index is 13.7. The van der Waals surface area contributed by atoms with Crippen LogP contribution in [0, 0.1) is 11.6 Å². The zero-order chi connectivity index (χ0) is 14.6. The van der Waals surface area contributed by atoms with E-state index in [-0.39, 0.29) is 31.8 Å². The Morgan fingerprint density at radius 2 is 1.84 bits per heavy atom. The summed E-state index contributed by atoms with van der Waals surface area (Å²) >= 11 is 0. The molecule has 8 heteroatoms. The van der Waals surface area contributed by atoms with Gasteiger partial charge in [0.25, 0.3) is 0 Å². The minimum Gasteiger partial charge on any atom is -0.399 e. The molecule has 0 aliphatic rings. The molecule has 0 saturated heterocycles. The lowest BCUT2D eigenvalue weighted by atomic mass is 10.3. The van der Waals surface area contributed by atoms with Gasteiger partial charge in [0.2, 0.25) is 10.0 Å². The molecule has 1 aromatic rings. The highest BCUT2D eigenvalue weighted by molar-refractivity contribution is 7.89. The van der Waals surface area contributed by atoms with Crippen LogP contribution in [0.2, 0.25) is 0 Å². The van der Waals surface area contributed by atoms with Crippen molar-refractivity contribution in [1.29, 1.82) is 0 Å². The molecular formula is C11H16F2N2O3S. The van der Waals surface area contributed by atoms with E-state index in [1.54, 1.807) is 6.92 Å². The zero-order valence-corrected chi connectivity index (χ0v) is 11.3. The van der Waals surface area contributed by atoms with Crippen molar-refractivity contribution in [2.75, 3.05) is 25.4 Å². The summed E-state index contributed by atoms with van der Waals surface area (Å²) in [6, 6.07) is 1.52. The van der Waals surface area contributed by atoms with E-state index >= 15 is 0 Å². The number of nitrogen functional groups attached to an aromatic ring is 1. The van der Waals surface area contributed by atoms with Crippen molar-refractivity contribution in [3.63, 3.8) is 0 Å². The Kier molecular flexibility index (Phi) is 5.21. The van der Waals surface area contributed by atoms with E-state index in [0.29, 0.717) is 0 Å². The number of sulfonamides is 1. The SMILES string of the molecule is CCN(CCCO)S(=O)(=O)c1c(F)cc(N)cc1F. The maximum Gasteiger partial charge on any atom is 0.248 e. The van der Waals surface area contributed by atoms with Crippen LogP contribution in [0.4, 0.5) is 14.5 Å². The number of benzene rings is 1. The van der Waals surface area contributed by atoms with Crippen LogP contribution in [-0.2, 0) is 10.0 Å². The number of rotatable bonds is 6. The lowest BCUT2D eigenvalue weighted by Gasteiger charge is -2.20. The summed E-state index contributed by atoms with van der Waals surface area (Å²) in [5, 5.41) is 8.71. The second-order valence-corrected chi connectivity index (χ2v) is 5.76. The number of nitrogens with two attached hydrogens (primary N) is 1. The molecule has 19 heavy (non-hydrogen) atoms. The van der Waals surface area contributed by atoms with Crippen LogP contribution >= 0.6 is 0 Å². The molecule has 0 aromatic heterocycles. The minimum atomic E-state index is -4.28. The van der Waals surface area contributed by atoms with E-state index in [4.69, 9.17) is 10.8 Å². The average Bonchev–Trinajstić information content (AvgIpc) is 2.27. The highest BCUT2D eigenvalue weighted by Gasteiger charge is 2.29. The summed E-state index contributed by atoms with van der Waals surface area (Å²) in [4.78, 5) is -1.01. The molecule has 0 heterocycles. The average molecular weight is 294 g/mol. The number of aliphatic hydroxyl groups is 1. The topological polar surface area (TPSA) is 83.6 Å². The van der Waals surface area contributed by atoms with E-state index in [1.165, 1.54) is 0 Å². The highest BCUT2D eigenvalue weighted by Crippen LogP contribution is 2.25. The molecule has 108 valence electrons. The molecule has 0 amide bonds.